The molecule has 2 amide bonds. The van der Waals surface area contributed by atoms with Crippen molar-refractivity contribution in [3.8, 4) is 0 Å². The summed E-state index contributed by atoms with van der Waals surface area (Å²) in [6, 6.07) is 7.61. The minimum Gasteiger partial charge on any atom is -0.384 e. The lowest BCUT2D eigenvalue weighted by Crippen LogP contribution is -2.53. The third-order valence-electron chi connectivity index (χ3n) is 5.18. The van der Waals surface area contributed by atoms with Crippen LogP contribution in [0.4, 0.5) is 5.82 Å². The predicted molar refractivity (Wildman–Crippen MR) is 125 cm³/mol. The highest BCUT2D eigenvalue weighted by molar-refractivity contribution is 6.42. The van der Waals surface area contributed by atoms with Gasteiger partial charge in [-0.05, 0) is 57.1 Å². The average molecular weight is 466 g/mol. The number of amides is 2. The van der Waals surface area contributed by atoms with Crippen molar-refractivity contribution in [2.24, 2.45) is 0 Å². The summed E-state index contributed by atoms with van der Waals surface area (Å²) in [7, 11) is 1.87. The summed E-state index contributed by atoms with van der Waals surface area (Å²) < 4.78 is 0. The molecule has 0 saturated carbocycles. The summed E-state index contributed by atoms with van der Waals surface area (Å²) in [5, 5.41) is 6.55. The molecule has 0 unspecified atom stereocenters. The van der Waals surface area contributed by atoms with Crippen molar-refractivity contribution >= 4 is 40.8 Å². The van der Waals surface area contributed by atoms with Crippen LogP contribution in [0.5, 0.6) is 0 Å². The van der Waals surface area contributed by atoms with Crippen LogP contribution in [0.15, 0.2) is 36.5 Å². The van der Waals surface area contributed by atoms with Gasteiger partial charge in [0.25, 0.3) is 0 Å². The lowest BCUT2D eigenvalue weighted by molar-refractivity contribution is -0.131. The third kappa shape index (κ3) is 7.38. The zero-order valence-corrected chi connectivity index (χ0v) is 19.7. The van der Waals surface area contributed by atoms with Gasteiger partial charge in [-0.25, -0.2) is 4.98 Å². The molecule has 1 heterocycles. The molecule has 2 rings (SSSR count). The number of halogens is 2. The lowest BCUT2D eigenvalue weighted by Gasteiger charge is -2.29. The first-order valence-electron chi connectivity index (χ1n) is 10.0. The predicted octanol–water partition coefficient (Wildman–Crippen LogP) is 3.04. The van der Waals surface area contributed by atoms with Crippen LogP contribution in [-0.4, -0.2) is 46.9 Å². The number of likely N-dealkylation sites (N-methyl/N-ethyl adjacent to an activating group) is 1. The average Bonchev–Trinajstić information content (AvgIpc) is 2.73. The van der Waals surface area contributed by atoms with E-state index in [4.69, 9.17) is 28.9 Å². The Balaban J connectivity index is 2.15. The Morgan fingerprint density at radius 1 is 1.06 bits per heavy atom. The number of hydrogen-bond acceptors (Lipinski definition) is 5. The fraction of sp³-hybridized carbons (Fsp3) is 0.409. The van der Waals surface area contributed by atoms with Crippen LogP contribution < -0.4 is 16.4 Å². The molecule has 0 fully saturated rings. The highest BCUT2D eigenvalue weighted by Gasteiger charge is 2.26. The van der Waals surface area contributed by atoms with Gasteiger partial charge in [-0.3, -0.25) is 14.5 Å². The minimum atomic E-state index is -0.783. The number of carbonyl (C=O) groups excluding carboxylic acids is 2. The maximum absolute atomic E-state index is 13.0. The molecule has 4 N–H and O–H groups in total. The maximum Gasteiger partial charge on any atom is 0.243 e. The summed E-state index contributed by atoms with van der Waals surface area (Å²) in [6.07, 6.45) is 1.87. The molecule has 0 aliphatic carbocycles. The molecular weight excluding hydrogens is 437 g/mol. The van der Waals surface area contributed by atoms with E-state index in [9.17, 15) is 9.59 Å². The van der Waals surface area contributed by atoms with Crippen molar-refractivity contribution < 1.29 is 9.59 Å². The van der Waals surface area contributed by atoms with Crippen molar-refractivity contribution in [2.45, 2.75) is 51.9 Å². The standard InChI is InChI=1S/C22H29Cl2N5O2/c1-13(2)29(4)14(3)21(30)28-19(10-15-5-7-17(23)18(24)9-15)22(31)27-12-16-6-8-20(25)26-11-16/h5-9,11,13-14,19H,10,12H2,1-4H3,(H2,25,26)(H,27,31)(H,28,30)/t14-,19+/m1/s1. The minimum absolute atomic E-state index is 0.182. The molecule has 0 saturated heterocycles. The molecule has 0 aliphatic rings. The van der Waals surface area contributed by atoms with Crippen molar-refractivity contribution in [1.82, 2.24) is 20.5 Å². The number of nitrogen functional groups attached to an aromatic ring is 1. The van der Waals surface area contributed by atoms with Crippen LogP contribution >= 0.6 is 23.2 Å². The van der Waals surface area contributed by atoms with E-state index in [0.717, 1.165) is 11.1 Å². The quantitative estimate of drug-likeness (QED) is 0.528. The van der Waals surface area contributed by atoms with E-state index in [1.807, 2.05) is 32.7 Å². The number of anilines is 1. The lowest BCUT2D eigenvalue weighted by atomic mass is 10.0. The van der Waals surface area contributed by atoms with Gasteiger partial charge in [0.2, 0.25) is 11.8 Å². The fourth-order valence-corrected chi connectivity index (χ4v) is 3.21. The number of benzene rings is 1. The molecular formula is C22H29Cl2N5O2. The van der Waals surface area contributed by atoms with E-state index >= 15 is 0 Å². The van der Waals surface area contributed by atoms with Crippen LogP contribution in [0.2, 0.25) is 10.0 Å². The van der Waals surface area contributed by atoms with Crippen LogP contribution in [0.1, 0.15) is 31.9 Å². The molecule has 0 aliphatic heterocycles. The largest absolute Gasteiger partial charge is 0.384 e. The highest BCUT2D eigenvalue weighted by atomic mass is 35.5. The second-order valence-electron chi connectivity index (χ2n) is 7.76. The van der Waals surface area contributed by atoms with Gasteiger partial charge >= 0.3 is 0 Å². The molecule has 1 aromatic heterocycles. The Hall–Kier alpha value is -2.35. The molecule has 0 bridgehead atoms. The Morgan fingerprint density at radius 2 is 1.74 bits per heavy atom. The van der Waals surface area contributed by atoms with Gasteiger partial charge in [0.1, 0.15) is 11.9 Å². The fourth-order valence-electron chi connectivity index (χ4n) is 2.89. The number of pyridine rings is 1. The van der Waals surface area contributed by atoms with Gasteiger partial charge in [-0.1, -0.05) is 35.3 Å². The third-order valence-corrected chi connectivity index (χ3v) is 5.92. The molecule has 168 valence electrons. The Morgan fingerprint density at radius 3 is 2.32 bits per heavy atom. The number of nitrogens with one attached hydrogen (secondary N) is 2. The summed E-state index contributed by atoms with van der Waals surface area (Å²) in [6.45, 7) is 6.08. The van der Waals surface area contributed by atoms with Gasteiger partial charge < -0.3 is 16.4 Å². The zero-order valence-electron chi connectivity index (χ0n) is 18.2. The van der Waals surface area contributed by atoms with Gasteiger partial charge in [0.15, 0.2) is 0 Å². The zero-order chi connectivity index (χ0) is 23.1. The SMILES string of the molecule is CC(C)N(C)[C@H](C)C(=O)N[C@@H](Cc1ccc(Cl)c(Cl)c1)C(=O)NCc1ccc(N)nc1. The number of aromatic nitrogens is 1. The number of carbonyl (C=O) groups is 2. The van der Waals surface area contributed by atoms with Gasteiger partial charge in [0, 0.05) is 25.2 Å². The van der Waals surface area contributed by atoms with Crippen LogP contribution in [0.3, 0.4) is 0 Å². The van der Waals surface area contributed by atoms with Crippen molar-refractivity contribution in [3.63, 3.8) is 0 Å². The maximum atomic E-state index is 13.0. The van der Waals surface area contributed by atoms with E-state index in [1.54, 1.807) is 36.5 Å². The summed E-state index contributed by atoms with van der Waals surface area (Å²) in [5.41, 5.74) is 7.19. The smallest absolute Gasteiger partial charge is 0.243 e. The highest BCUT2D eigenvalue weighted by Crippen LogP contribution is 2.23. The van der Waals surface area contributed by atoms with Gasteiger partial charge in [-0.2, -0.15) is 0 Å². The summed E-state index contributed by atoms with van der Waals surface area (Å²) in [5.74, 6) is -0.135. The van der Waals surface area contributed by atoms with Crippen LogP contribution in [-0.2, 0) is 22.6 Å². The molecule has 1 aromatic carbocycles. The Labute approximate surface area is 193 Å². The molecule has 0 radical (unpaired) electrons. The first kappa shape index (κ1) is 24.9. The molecule has 9 heteroatoms. The molecule has 31 heavy (non-hydrogen) atoms. The molecule has 2 atom stereocenters. The van der Waals surface area contributed by atoms with Crippen molar-refractivity contribution in [1.29, 1.82) is 0 Å². The number of nitrogens with two attached hydrogens (primary N) is 1. The van der Waals surface area contributed by atoms with Crippen molar-refractivity contribution in [3.05, 3.63) is 57.7 Å². The molecule has 0 spiro atoms. The number of nitrogens with zero attached hydrogens (tertiary/aromatic N) is 2. The molecule has 7 nitrogen and oxygen atoms in total. The second-order valence-corrected chi connectivity index (χ2v) is 8.57. The van der Waals surface area contributed by atoms with E-state index in [1.165, 1.54) is 0 Å². The topological polar surface area (TPSA) is 100 Å². The Kier molecular flexibility index (Phi) is 9.10. The normalized spacial score (nSPS) is 13.2. The van der Waals surface area contributed by atoms with Gasteiger partial charge in [0.05, 0.1) is 16.1 Å². The van der Waals surface area contributed by atoms with Gasteiger partial charge in [-0.15, -0.1) is 0 Å². The van der Waals surface area contributed by atoms with E-state index in [2.05, 4.69) is 15.6 Å². The van der Waals surface area contributed by atoms with E-state index in [-0.39, 0.29) is 30.8 Å². The summed E-state index contributed by atoms with van der Waals surface area (Å²) >= 11 is 12.1. The van der Waals surface area contributed by atoms with Crippen LogP contribution in [0.25, 0.3) is 0 Å². The van der Waals surface area contributed by atoms with Crippen molar-refractivity contribution in [2.75, 3.05) is 12.8 Å². The second kappa shape index (κ2) is 11.3. The van der Waals surface area contributed by atoms with Crippen LogP contribution in [0, 0.1) is 0 Å². The van der Waals surface area contributed by atoms with E-state index in [0.29, 0.717) is 15.9 Å². The number of rotatable bonds is 9. The first-order chi connectivity index (χ1) is 14.6. The first-order valence-corrected chi connectivity index (χ1v) is 10.8. The molecule has 2 aromatic rings. The Bertz CT molecular complexity index is 905. The summed E-state index contributed by atoms with van der Waals surface area (Å²) in [4.78, 5) is 31.7. The van der Waals surface area contributed by atoms with E-state index < -0.39 is 12.1 Å². The monoisotopic (exact) mass is 465 g/mol. The number of hydrogen-bond donors (Lipinski definition) is 3.